The van der Waals surface area contributed by atoms with E-state index in [4.69, 9.17) is 15.2 Å². The Balaban J connectivity index is 0.00000121. The molecule has 12 heavy (non-hydrogen) atoms. The summed E-state index contributed by atoms with van der Waals surface area (Å²) in [6.07, 6.45) is 2.11. The predicted octanol–water partition coefficient (Wildman–Crippen LogP) is 0.953. The summed E-state index contributed by atoms with van der Waals surface area (Å²) in [4.78, 5) is 0. The smallest absolute Gasteiger partial charge is 0.104 e. The summed E-state index contributed by atoms with van der Waals surface area (Å²) >= 11 is 0. The zero-order chi connectivity index (χ0) is 8.16. The summed E-state index contributed by atoms with van der Waals surface area (Å²) in [5.74, 6) is 0. The Labute approximate surface area is 80.0 Å². The van der Waals surface area contributed by atoms with Crippen molar-refractivity contribution in [2.45, 2.75) is 25.4 Å². The first-order valence-electron chi connectivity index (χ1n) is 4.25. The molecule has 1 atom stereocenters. The molecular weight excluding hydrogens is 178 g/mol. The van der Waals surface area contributed by atoms with E-state index >= 15 is 0 Å². The van der Waals surface area contributed by atoms with E-state index in [2.05, 4.69) is 0 Å². The summed E-state index contributed by atoms with van der Waals surface area (Å²) in [6.45, 7) is 4.81. The Bertz CT molecular complexity index is 110. The largest absolute Gasteiger partial charge is 0.378 e. The molecule has 0 saturated carbocycles. The zero-order valence-electron chi connectivity index (χ0n) is 7.54. The topological polar surface area (TPSA) is 44.5 Å². The standard InChI is InChI=1S/C8H17NO2.ClH/c1-2-11-8(6-9)4-3-5-10-7-8;/h2-7,9H2,1H3;1H. The highest BCUT2D eigenvalue weighted by Crippen LogP contribution is 2.21. The van der Waals surface area contributed by atoms with Gasteiger partial charge in [0.15, 0.2) is 0 Å². The van der Waals surface area contributed by atoms with Gasteiger partial charge in [-0.2, -0.15) is 0 Å². The van der Waals surface area contributed by atoms with Crippen LogP contribution in [0.15, 0.2) is 0 Å². The van der Waals surface area contributed by atoms with E-state index in [1.807, 2.05) is 6.92 Å². The first kappa shape index (κ1) is 12.2. The SMILES string of the molecule is CCOC1(CN)CCCOC1.Cl. The molecule has 4 heteroatoms. The van der Waals surface area contributed by atoms with E-state index in [0.717, 1.165) is 26.1 Å². The van der Waals surface area contributed by atoms with Crippen molar-refractivity contribution in [2.24, 2.45) is 5.73 Å². The second-order valence-corrected chi connectivity index (χ2v) is 2.98. The van der Waals surface area contributed by atoms with Gasteiger partial charge in [0, 0.05) is 19.8 Å². The quantitative estimate of drug-likeness (QED) is 0.730. The Morgan fingerprint density at radius 3 is 2.75 bits per heavy atom. The maximum Gasteiger partial charge on any atom is 0.104 e. The van der Waals surface area contributed by atoms with E-state index in [9.17, 15) is 0 Å². The van der Waals surface area contributed by atoms with Crippen LogP contribution in [0.4, 0.5) is 0 Å². The molecule has 3 nitrogen and oxygen atoms in total. The van der Waals surface area contributed by atoms with Crippen LogP contribution in [-0.4, -0.2) is 32.0 Å². The molecule has 1 rings (SSSR count). The van der Waals surface area contributed by atoms with E-state index < -0.39 is 0 Å². The number of ether oxygens (including phenoxy) is 2. The fourth-order valence-electron chi connectivity index (χ4n) is 1.47. The van der Waals surface area contributed by atoms with Gasteiger partial charge in [0.25, 0.3) is 0 Å². The second-order valence-electron chi connectivity index (χ2n) is 2.98. The maximum atomic E-state index is 5.62. The Morgan fingerprint density at radius 2 is 2.33 bits per heavy atom. The molecule has 1 aliphatic heterocycles. The second kappa shape index (κ2) is 5.75. The highest BCUT2D eigenvalue weighted by atomic mass is 35.5. The van der Waals surface area contributed by atoms with Crippen molar-refractivity contribution in [3.8, 4) is 0 Å². The monoisotopic (exact) mass is 195 g/mol. The molecule has 1 aliphatic rings. The van der Waals surface area contributed by atoms with Crippen molar-refractivity contribution in [1.29, 1.82) is 0 Å². The highest BCUT2D eigenvalue weighted by Gasteiger charge is 2.31. The van der Waals surface area contributed by atoms with Crippen LogP contribution in [0.1, 0.15) is 19.8 Å². The summed E-state index contributed by atoms with van der Waals surface area (Å²) in [7, 11) is 0. The van der Waals surface area contributed by atoms with Gasteiger partial charge in [-0.3, -0.25) is 0 Å². The summed E-state index contributed by atoms with van der Waals surface area (Å²) in [6, 6.07) is 0. The van der Waals surface area contributed by atoms with Gasteiger partial charge < -0.3 is 15.2 Å². The van der Waals surface area contributed by atoms with Crippen molar-refractivity contribution in [3.63, 3.8) is 0 Å². The molecule has 1 saturated heterocycles. The minimum atomic E-state index is -0.174. The van der Waals surface area contributed by atoms with Crippen LogP contribution in [0.25, 0.3) is 0 Å². The molecule has 74 valence electrons. The molecule has 0 aromatic carbocycles. The first-order valence-corrected chi connectivity index (χ1v) is 4.25. The minimum absolute atomic E-state index is 0. The lowest BCUT2D eigenvalue weighted by molar-refractivity contribution is -0.119. The normalized spacial score (nSPS) is 29.5. The van der Waals surface area contributed by atoms with Crippen LogP contribution in [0.2, 0.25) is 0 Å². The molecule has 0 bridgehead atoms. The molecule has 0 aliphatic carbocycles. The lowest BCUT2D eigenvalue weighted by atomic mass is 9.97. The number of nitrogens with two attached hydrogens (primary N) is 1. The third-order valence-corrected chi connectivity index (χ3v) is 2.11. The molecule has 2 N–H and O–H groups in total. The summed E-state index contributed by atoms with van der Waals surface area (Å²) < 4.78 is 10.9. The molecule has 0 aromatic heterocycles. The van der Waals surface area contributed by atoms with Gasteiger partial charge in [0.1, 0.15) is 5.60 Å². The van der Waals surface area contributed by atoms with Crippen molar-refractivity contribution in [2.75, 3.05) is 26.4 Å². The van der Waals surface area contributed by atoms with Crippen molar-refractivity contribution in [1.82, 2.24) is 0 Å². The Kier molecular flexibility index (Phi) is 5.84. The number of rotatable bonds is 3. The van der Waals surface area contributed by atoms with Crippen molar-refractivity contribution in [3.05, 3.63) is 0 Å². The van der Waals surface area contributed by atoms with Gasteiger partial charge in [-0.05, 0) is 19.8 Å². The van der Waals surface area contributed by atoms with Crippen LogP contribution in [0.3, 0.4) is 0 Å². The molecule has 0 aromatic rings. The lowest BCUT2D eigenvalue weighted by Gasteiger charge is -2.35. The Morgan fingerprint density at radius 1 is 1.58 bits per heavy atom. The van der Waals surface area contributed by atoms with Crippen molar-refractivity contribution < 1.29 is 9.47 Å². The lowest BCUT2D eigenvalue weighted by Crippen LogP contribution is -2.47. The first-order chi connectivity index (χ1) is 5.33. The molecule has 1 unspecified atom stereocenters. The zero-order valence-corrected chi connectivity index (χ0v) is 8.36. The molecular formula is C8H18ClNO2. The summed E-state index contributed by atoms with van der Waals surface area (Å²) in [5.41, 5.74) is 5.45. The van der Waals surface area contributed by atoms with Gasteiger partial charge in [-0.1, -0.05) is 0 Å². The highest BCUT2D eigenvalue weighted by molar-refractivity contribution is 5.85. The van der Waals surface area contributed by atoms with Gasteiger partial charge in [-0.25, -0.2) is 0 Å². The molecule has 0 amide bonds. The van der Waals surface area contributed by atoms with Gasteiger partial charge in [-0.15, -0.1) is 12.4 Å². The molecule has 1 heterocycles. The fraction of sp³-hybridized carbons (Fsp3) is 1.00. The summed E-state index contributed by atoms with van der Waals surface area (Å²) in [5, 5.41) is 0. The number of hydrogen-bond donors (Lipinski definition) is 1. The van der Waals surface area contributed by atoms with Crippen LogP contribution in [0, 0.1) is 0 Å². The Hall–Kier alpha value is 0.170. The van der Waals surface area contributed by atoms with Gasteiger partial charge in [0.05, 0.1) is 6.61 Å². The van der Waals surface area contributed by atoms with Gasteiger partial charge >= 0.3 is 0 Å². The van der Waals surface area contributed by atoms with Crippen LogP contribution >= 0.6 is 12.4 Å². The minimum Gasteiger partial charge on any atom is -0.378 e. The van der Waals surface area contributed by atoms with E-state index in [0.29, 0.717) is 13.2 Å². The van der Waals surface area contributed by atoms with Crippen LogP contribution in [-0.2, 0) is 9.47 Å². The number of halogens is 1. The van der Waals surface area contributed by atoms with Crippen LogP contribution in [0.5, 0.6) is 0 Å². The number of hydrogen-bond acceptors (Lipinski definition) is 3. The van der Waals surface area contributed by atoms with E-state index in [-0.39, 0.29) is 18.0 Å². The van der Waals surface area contributed by atoms with Crippen LogP contribution < -0.4 is 5.73 Å². The molecule has 0 spiro atoms. The average molecular weight is 196 g/mol. The molecule has 0 radical (unpaired) electrons. The average Bonchev–Trinajstić information content (AvgIpc) is 2.07. The van der Waals surface area contributed by atoms with E-state index in [1.54, 1.807) is 0 Å². The van der Waals surface area contributed by atoms with Crippen molar-refractivity contribution >= 4 is 12.4 Å². The molecule has 1 fully saturated rings. The maximum absolute atomic E-state index is 5.62. The van der Waals surface area contributed by atoms with E-state index in [1.165, 1.54) is 0 Å². The predicted molar refractivity (Wildman–Crippen MR) is 50.7 cm³/mol. The fourth-order valence-corrected chi connectivity index (χ4v) is 1.47. The van der Waals surface area contributed by atoms with Gasteiger partial charge in [0.2, 0.25) is 0 Å². The third-order valence-electron chi connectivity index (χ3n) is 2.11. The third kappa shape index (κ3) is 2.90.